The minimum atomic E-state index is -0.476. The number of rotatable bonds is 6. The first-order valence-electron chi connectivity index (χ1n) is 6.39. The third-order valence-electron chi connectivity index (χ3n) is 3.12. The fourth-order valence-corrected chi connectivity index (χ4v) is 1.95. The van der Waals surface area contributed by atoms with Crippen LogP contribution in [0.1, 0.15) is 43.3 Å². The van der Waals surface area contributed by atoms with E-state index in [1.807, 2.05) is 0 Å². The number of methoxy groups -OCH3 is 1. The number of esters is 1. The third kappa shape index (κ3) is 4.36. The molecule has 0 aromatic carbocycles. The highest BCUT2D eigenvalue weighted by Gasteiger charge is 2.24. The summed E-state index contributed by atoms with van der Waals surface area (Å²) in [5.41, 5.74) is 0.789. The van der Waals surface area contributed by atoms with Gasteiger partial charge < -0.3 is 19.6 Å². The quantitative estimate of drug-likeness (QED) is 0.772. The highest BCUT2D eigenvalue weighted by Crippen LogP contribution is 2.22. The summed E-state index contributed by atoms with van der Waals surface area (Å²) in [7, 11) is 1.33. The van der Waals surface area contributed by atoms with Gasteiger partial charge in [0.1, 0.15) is 0 Å². The Morgan fingerprint density at radius 2 is 2.21 bits per heavy atom. The number of carbonyl (C=O) groups is 1. The van der Waals surface area contributed by atoms with Gasteiger partial charge in [-0.3, -0.25) is 0 Å². The number of hydrogen-bond donors (Lipinski definition) is 2. The van der Waals surface area contributed by atoms with E-state index in [-0.39, 0.29) is 23.8 Å². The van der Waals surface area contributed by atoms with Crippen LogP contribution in [0.2, 0.25) is 0 Å². The lowest BCUT2D eigenvalue weighted by atomic mass is 9.85. The first-order chi connectivity index (χ1) is 8.90. The molecule has 0 saturated carbocycles. The van der Waals surface area contributed by atoms with Gasteiger partial charge in [0.25, 0.3) is 0 Å². The molecule has 19 heavy (non-hydrogen) atoms. The van der Waals surface area contributed by atoms with Crippen molar-refractivity contribution in [3.63, 3.8) is 0 Å². The van der Waals surface area contributed by atoms with Crippen LogP contribution in [0.3, 0.4) is 0 Å². The van der Waals surface area contributed by atoms with E-state index in [4.69, 9.17) is 9.52 Å². The Hall–Kier alpha value is -1.33. The van der Waals surface area contributed by atoms with Gasteiger partial charge in [-0.25, -0.2) is 4.79 Å². The lowest BCUT2D eigenvalue weighted by molar-refractivity contribution is 0.0563. The average molecular weight is 269 g/mol. The molecule has 0 spiro atoms. The molecule has 0 amide bonds. The van der Waals surface area contributed by atoms with Gasteiger partial charge in [-0.1, -0.05) is 20.8 Å². The van der Waals surface area contributed by atoms with Crippen LogP contribution >= 0.6 is 0 Å². The number of nitrogens with one attached hydrogen (secondary N) is 1. The molecule has 0 aliphatic heterocycles. The van der Waals surface area contributed by atoms with E-state index in [2.05, 4.69) is 30.8 Å². The highest BCUT2D eigenvalue weighted by atomic mass is 16.5. The van der Waals surface area contributed by atoms with Crippen LogP contribution in [0.25, 0.3) is 0 Å². The van der Waals surface area contributed by atoms with Gasteiger partial charge in [0.05, 0.1) is 13.4 Å². The van der Waals surface area contributed by atoms with E-state index < -0.39 is 5.97 Å². The van der Waals surface area contributed by atoms with Gasteiger partial charge >= 0.3 is 5.97 Å². The molecule has 0 saturated heterocycles. The van der Waals surface area contributed by atoms with Gasteiger partial charge in [0.15, 0.2) is 0 Å². The molecule has 1 aromatic rings. The zero-order valence-corrected chi connectivity index (χ0v) is 12.0. The zero-order valence-electron chi connectivity index (χ0n) is 12.0. The number of carbonyl (C=O) groups excluding carboxylic acids is 1. The largest absolute Gasteiger partial charge is 0.463 e. The van der Waals surface area contributed by atoms with Crippen molar-refractivity contribution in [2.45, 2.75) is 39.8 Å². The Labute approximate surface area is 113 Å². The van der Waals surface area contributed by atoms with Crippen LogP contribution in [0.4, 0.5) is 0 Å². The van der Waals surface area contributed by atoms with Crippen LogP contribution in [0.15, 0.2) is 16.7 Å². The number of aliphatic hydroxyl groups is 1. The van der Waals surface area contributed by atoms with Crippen molar-refractivity contribution in [3.8, 4) is 0 Å². The standard InChI is InChI=1S/C14H23NO4/c1-14(2,3)11(5-7-16)15-9-10-6-8-19-12(10)13(17)18-4/h6,8,11,15-16H,5,7,9H2,1-4H3. The Bertz CT molecular complexity index is 406. The Morgan fingerprint density at radius 1 is 1.53 bits per heavy atom. The number of hydrogen-bond acceptors (Lipinski definition) is 5. The SMILES string of the molecule is COC(=O)c1occc1CNC(CCO)C(C)(C)C. The molecule has 5 nitrogen and oxygen atoms in total. The van der Waals surface area contributed by atoms with Gasteiger partial charge in [-0.15, -0.1) is 0 Å². The predicted molar refractivity (Wildman–Crippen MR) is 71.8 cm³/mol. The lowest BCUT2D eigenvalue weighted by Gasteiger charge is -2.31. The second-order valence-electron chi connectivity index (χ2n) is 5.58. The predicted octanol–water partition coefficient (Wildman–Crippen LogP) is 1.95. The van der Waals surface area contributed by atoms with Crippen LogP contribution in [0.5, 0.6) is 0 Å². The Morgan fingerprint density at radius 3 is 2.74 bits per heavy atom. The molecular formula is C14H23NO4. The minimum absolute atomic E-state index is 0.0257. The fourth-order valence-electron chi connectivity index (χ4n) is 1.95. The van der Waals surface area contributed by atoms with Crippen molar-refractivity contribution in [2.24, 2.45) is 5.41 Å². The maximum atomic E-state index is 11.5. The normalized spacial score (nSPS) is 13.3. The third-order valence-corrected chi connectivity index (χ3v) is 3.12. The van der Waals surface area contributed by atoms with Crippen LogP contribution in [0, 0.1) is 5.41 Å². The summed E-state index contributed by atoms with van der Waals surface area (Å²) in [4.78, 5) is 11.5. The maximum Gasteiger partial charge on any atom is 0.374 e. The number of aliphatic hydroxyl groups excluding tert-OH is 1. The first-order valence-corrected chi connectivity index (χ1v) is 6.39. The summed E-state index contributed by atoms with van der Waals surface area (Å²) in [6.45, 7) is 6.96. The Balaban J connectivity index is 2.70. The summed E-state index contributed by atoms with van der Waals surface area (Å²) in [5, 5.41) is 12.5. The van der Waals surface area contributed by atoms with Crippen molar-refractivity contribution in [1.82, 2.24) is 5.32 Å². The summed E-state index contributed by atoms with van der Waals surface area (Å²) < 4.78 is 9.79. The maximum absolute atomic E-state index is 11.5. The van der Waals surface area contributed by atoms with E-state index in [1.165, 1.54) is 13.4 Å². The summed E-state index contributed by atoms with van der Waals surface area (Å²) in [5.74, 6) is -0.247. The van der Waals surface area contributed by atoms with Crippen LogP contribution < -0.4 is 5.32 Å². The monoisotopic (exact) mass is 269 g/mol. The van der Waals surface area contributed by atoms with Crippen molar-refractivity contribution in [2.75, 3.05) is 13.7 Å². The zero-order chi connectivity index (χ0) is 14.5. The second kappa shape index (κ2) is 6.73. The van der Waals surface area contributed by atoms with Gasteiger partial charge in [-0.2, -0.15) is 0 Å². The van der Waals surface area contributed by atoms with Crippen molar-refractivity contribution < 1.29 is 19.1 Å². The van der Waals surface area contributed by atoms with E-state index in [0.717, 1.165) is 5.56 Å². The number of ether oxygens (including phenoxy) is 1. The van der Waals surface area contributed by atoms with Gasteiger partial charge in [0, 0.05) is 24.8 Å². The molecule has 0 radical (unpaired) electrons. The van der Waals surface area contributed by atoms with Crippen molar-refractivity contribution >= 4 is 5.97 Å². The van der Waals surface area contributed by atoms with Gasteiger partial charge in [-0.05, 0) is 17.9 Å². The van der Waals surface area contributed by atoms with Crippen LogP contribution in [-0.2, 0) is 11.3 Å². The molecule has 1 aromatic heterocycles. The molecule has 0 fully saturated rings. The highest BCUT2D eigenvalue weighted by molar-refractivity contribution is 5.87. The topological polar surface area (TPSA) is 71.7 Å². The Kier molecular flexibility index (Phi) is 5.57. The van der Waals surface area contributed by atoms with Crippen molar-refractivity contribution in [3.05, 3.63) is 23.7 Å². The van der Waals surface area contributed by atoms with E-state index in [1.54, 1.807) is 6.07 Å². The molecule has 1 unspecified atom stereocenters. The molecule has 0 bridgehead atoms. The first kappa shape index (κ1) is 15.7. The fraction of sp³-hybridized carbons (Fsp3) is 0.643. The van der Waals surface area contributed by atoms with E-state index in [9.17, 15) is 4.79 Å². The van der Waals surface area contributed by atoms with E-state index >= 15 is 0 Å². The van der Waals surface area contributed by atoms with E-state index in [0.29, 0.717) is 13.0 Å². The van der Waals surface area contributed by atoms with Crippen LogP contribution in [-0.4, -0.2) is 30.8 Å². The lowest BCUT2D eigenvalue weighted by Crippen LogP contribution is -2.40. The summed E-state index contributed by atoms with van der Waals surface area (Å²) >= 11 is 0. The van der Waals surface area contributed by atoms with Gasteiger partial charge in [0.2, 0.25) is 5.76 Å². The second-order valence-corrected chi connectivity index (χ2v) is 5.58. The minimum Gasteiger partial charge on any atom is -0.463 e. The molecule has 2 N–H and O–H groups in total. The summed E-state index contributed by atoms with van der Waals surface area (Å²) in [6, 6.07) is 1.90. The molecule has 0 aliphatic carbocycles. The molecule has 108 valence electrons. The molecule has 1 rings (SSSR count). The molecule has 1 atom stereocenters. The average Bonchev–Trinajstić information content (AvgIpc) is 2.80. The smallest absolute Gasteiger partial charge is 0.374 e. The molecule has 5 heteroatoms. The molecular weight excluding hydrogens is 246 g/mol. The number of furan rings is 1. The summed E-state index contributed by atoms with van der Waals surface area (Å²) in [6.07, 6.45) is 2.14. The molecule has 0 aliphatic rings. The van der Waals surface area contributed by atoms with Crippen molar-refractivity contribution in [1.29, 1.82) is 0 Å². The molecule has 1 heterocycles.